The molecule has 0 saturated carbocycles. The summed E-state index contributed by atoms with van der Waals surface area (Å²) in [7, 11) is 1.63. The van der Waals surface area contributed by atoms with Gasteiger partial charge in [-0.2, -0.15) is 9.90 Å². The Morgan fingerprint density at radius 2 is 2.03 bits per heavy atom. The van der Waals surface area contributed by atoms with Crippen molar-refractivity contribution in [3.05, 3.63) is 64.2 Å². The minimum Gasteiger partial charge on any atom is -0.383 e. The van der Waals surface area contributed by atoms with Gasteiger partial charge in [0, 0.05) is 11.8 Å². The average molecular weight is 461 g/mol. The molecule has 4 N–H and O–H groups in total. The van der Waals surface area contributed by atoms with E-state index in [1.54, 1.807) is 19.2 Å². The van der Waals surface area contributed by atoms with E-state index in [1.807, 2.05) is 19.9 Å². The van der Waals surface area contributed by atoms with Crippen LogP contribution < -0.4 is 16.6 Å². The van der Waals surface area contributed by atoms with E-state index in [0.29, 0.717) is 28.3 Å². The number of nitrogens with one attached hydrogen (secondary N) is 2. The number of tetrazole rings is 1. The molecule has 0 aliphatic carbocycles. The summed E-state index contributed by atoms with van der Waals surface area (Å²) in [4.78, 5) is 23.1. The predicted molar refractivity (Wildman–Crippen MR) is 123 cm³/mol. The molecule has 0 aliphatic heterocycles. The summed E-state index contributed by atoms with van der Waals surface area (Å²) in [5.74, 6) is 0.683. The number of hydrogen-bond donors (Lipinski definition) is 3. The summed E-state index contributed by atoms with van der Waals surface area (Å²) in [6, 6.07) is 7.18. The van der Waals surface area contributed by atoms with E-state index in [9.17, 15) is 9.18 Å². The van der Waals surface area contributed by atoms with Crippen LogP contribution in [-0.2, 0) is 7.05 Å². The van der Waals surface area contributed by atoms with E-state index in [2.05, 4.69) is 40.9 Å². The fraction of sp³-hybridized carbons (Fsp3) is 0.190. The summed E-state index contributed by atoms with van der Waals surface area (Å²) in [5.41, 5.74) is 7.43. The molecule has 0 saturated heterocycles. The van der Waals surface area contributed by atoms with Crippen molar-refractivity contribution in [3.63, 3.8) is 0 Å². The van der Waals surface area contributed by atoms with E-state index in [0.717, 1.165) is 5.69 Å². The second-order valence-electron chi connectivity index (χ2n) is 7.80. The number of anilines is 2. The van der Waals surface area contributed by atoms with E-state index in [4.69, 9.17) is 5.73 Å². The largest absolute Gasteiger partial charge is 0.383 e. The monoisotopic (exact) mass is 461 g/mol. The first-order valence-electron chi connectivity index (χ1n) is 10.3. The molecular formula is C21H20FN11O. The quantitative estimate of drug-likeness (QED) is 0.355. The highest BCUT2D eigenvalue weighted by Crippen LogP contribution is 2.31. The van der Waals surface area contributed by atoms with Crippen molar-refractivity contribution in [2.75, 3.05) is 11.1 Å². The van der Waals surface area contributed by atoms with Crippen molar-refractivity contribution in [3.8, 4) is 17.2 Å². The van der Waals surface area contributed by atoms with Gasteiger partial charge in [-0.1, -0.05) is 6.07 Å². The number of halogens is 1. The lowest BCUT2D eigenvalue weighted by Gasteiger charge is -2.21. The zero-order valence-electron chi connectivity index (χ0n) is 18.5. The van der Waals surface area contributed by atoms with Gasteiger partial charge in [0.2, 0.25) is 5.82 Å². The van der Waals surface area contributed by atoms with Crippen LogP contribution in [0.2, 0.25) is 0 Å². The van der Waals surface area contributed by atoms with Crippen LogP contribution in [0.3, 0.4) is 0 Å². The molecule has 13 heteroatoms. The molecule has 0 spiro atoms. The van der Waals surface area contributed by atoms with E-state index >= 15 is 0 Å². The highest BCUT2D eigenvalue weighted by molar-refractivity contribution is 5.83. The van der Waals surface area contributed by atoms with Gasteiger partial charge in [-0.05, 0) is 42.6 Å². The SMILES string of the molecule is Cc1cc(-n2c(C(C)Nc3ncnc(N)c3-c3nnn(C)n3)cc3ccc(F)cc3c2=O)n[nH]1. The lowest BCUT2D eigenvalue weighted by Crippen LogP contribution is -2.26. The Labute approximate surface area is 191 Å². The maximum absolute atomic E-state index is 13.9. The number of pyridine rings is 1. The van der Waals surface area contributed by atoms with Crippen LogP contribution in [0.5, 0.6) is 0 Å². The number of hydrogen-bond acceptors (Lipinski definition) is 9. The summed E-state index contributed by atoms with van der Waals surface area (Å²) in [6.07, 6.45) is 1.32. The highest BCUT2D eigenvalue weighted by atomic mass is 19.1. The Hall–Kier alpha value is -4.68. The number of aryl methyl sites for hydroxylation is 2. The number of aromatic amines is 1. The molecule has 5 aromatic rings. The molecule has 0 aliphatic rings. The Morgan fingerprint density at radius 3 is 2.74 bits per heavy atom. The third-order valence-corrected chi connectivity index (χ3v) is 5.34. The van der Waals surface area contributed by atoms with Crippen LogP contribution >= 0.6 is 0 Å². The van der Waals surface area contributed by atoms with Gasteiger partial charge >= 0.3 is 0 Å². The topological polar surface area (TPSA) is 158 Å². The van der Waals surface area contributed by atoms with Crippen molar-refractivity contribution < 1.29 is 4.39 Å². The smallest absolute Gasteiger partial charge is 0.264 e. The standard InChI is InChI=1S/C21H20FN11O/c1-10-6-16(28-27-10)33-15(7-12-4-5-13(22)8-14(12)21(33)34)11(2)26-19-17(18(23)24-9-25-19)20-29-31-32(3)30-20/h4-9,11H,1-3H3,(H,27,28)(H3,23,24,25,26). The van der Waals surface area contributed by atoms with Crippen LogP contribution in [0, 0.1) is 12.7 Å². The second-order valence-corrected chi connectivity index (χ2v) is 7.80. The molecule has 0 radical (unpaired) electrons. The van der Waals surface area contributed by atoms with Crippen LogP contribution in [0.15, 0.2) is 41.5 Å². The van der Waals surface area contributed by atoms with Crippen molar-refractivity contribution in [1.29, 1.82) is 0 Å². The second kappa shape index (κ2) is 8.03. The first kappa shape index (κ1) is 21.2. The third kappa shape index (κ3) is 3.62. The highest BCUT2D eigenvalue weighted by Gasteiger charge is 2.22. The summed E-state index contributed by atoms with van der Waals surface area (Å²) in [5, 5.41) is 23.3. The molecule has 0 bridgehead atoms. The van der Waals surface area contributed by atoms with Crippen LogP contribution in [0.25, 0.3) is 28.0 Å². The molecular weight excluding hydrogens is 441 g/mol. The fourth-order valence-electron chi connectivity index (χ4n) is 3.77. The molecule has 172 valence electrons. The van der Waals surface area contributed by atoms with Gasteiger partial charge in [-0.25, -0.2) is 14.4 Å². The number of benzene rings is 1. The number of nitrogens with two attached hydrogens (primary N) is 1. The van der Waals surface area contributed by atoms with Gasteiger partial charge in [0.05, 0.1) is 24.2 Å². The zero-order valence-corrected chi connectivity index (χ0v) is 18.5. The molecule has 34 heavy (non-hydrogen) atoms. The lowest BCUT2D eigenvalue weighted by atomic mass is 10.1. The summed E-state index contributed by atoms with van der Waals surface area (Å²) >= 11 is 0. The Kier molecular flexibility index (Phi) is 5.00. The average Bonchev–Trinajstić information content (AvgIpc) is 3.42. The van der Waals surface area contributed by atoms with Crippen molar-refractivity contribution in [1.82, 2.24) is 44.9 Å². The zero-order chi connectivity index (χ0) is 24.0. The van der Waals surface area contributed by atoms with Gasteiger partial charge in [0.15, 0.2) is 5.82 Å². The number of fused-ring (bicyclic) bond motifs is 1. The minimum atomic E-state index is -0.495. The molecule has 12 nitrogen and oxygen atoms in total. The number of rotatable bonds is 5. The normalized spacial score (nSPS) is 12.2. The molecule has 4 aromatic heterocycles. The van der Waals surface area contributed by atoms with Gasteiger partial charge in [-0.3, -0.25) is 14.5 Å². The molecule has 1 atom stereocenters. The Morgan fingerprint density at radius 1 is 1.21 bits per heavy atom. The van der Waals surface area contributed by atoms with Crippen LogP contribution in [0.4, 0.5) is 16.0 Å². The van der Waals surface area contributed by atoms with Crippen molar-refractivity contribution in [2.24, 2.45) is 7.05 Å². The van der Waals surface area contributed by atoms with Gasteiger partial charge < -0.3 is 11.1 Å². The predicted octanol–water partition coefficient (Wildman–Crippen LogP) is 1.90. The van der Waals surface area contributed by atoms with Gasteiger partial charge in [0.1, 0.15) is 29.3 Å². The first-order chi connectivity index (χ1) is 16.3. The number of nitrogen functional groups attached to an aromatic ring is 1. The van der Waals surface area contributed by atoms with Gasteiger partial charge in [-0.15, -0.1) is 10.2 Å². The molecule has 0 fully saturated rings. The number of H-pyrrole nitrogens is 1. The van der Waals surface area contributed by atoms with Gasteiger partial charge in [0.25, 0.3) is 5.56 Å². The minimum absolute atomic E-state index is 0.173. The summed E-state index contributed by atoms with van der Waals surface area (Å²) in [6.45, 7) is 3.68. The third-order valence-electron chi connectivity index (χ3n) is 5.34. The van der Waals surface area contributed by atoms with Crippen molar-refractivity contribution in [2.45, 2.75) is 19.9 Å². The fourth-order valence-corrected chi connectivity index (χ4v) is 3.77. The van der Waals surface area contributed by atoms with E-state index < -0.39 is 17.4 Å². The van der Waals surface area contributed by atoms with E-state index in [-0.39, 0.29) is 17.0 Å². The molecule has 4 heterocycles. The molecule has 1 unspecified atom stereocenters. The Balaban J connectivity index is 1.66. The molecule has 0 amide bonds. The summed E-state index contributed by atoms with van der Waals surface area (Å²) < 4.78 is 15.4. The number of nitrogens with zero attached hydrogens (tertiary/aromatic N) is 8. The van der Waals surface area contributed by atoms with Crippen LogP contribution in [0.1, 0.15) is 24.4 Å². The maximum Gasteiger partial charge on any atom is 0.264 e. The molecule has 1 aromatic carbocycles. The van der Waals surface area contributed by atoms with E-state index in [1.165, 1.54) is 27.8 Å². The first-order valence-corrected chi connectivity index (χ1v) is 10.3. The van der Waals surface area contributed by atoms with Crippen molar-refractivity contribution >= 4 is 22.4 Å². The lowest BCUT2D eigenvalue weighted by molar-refractivity contribution is 0.629. The Bertz CT molecular complexity index is 1590. The maximum atomic E-state index is 13.9. The van der Waals surface area contributed by atoms with Crippen LogP contribution in [-0.4, -0.2) is 44.9 Å². The number of aromatic nitrogens is 9. The molecule has 5 rings (SSSR count).